The monoisotopic (exact) mass is 250 g/mol. The van der Waals surface area contributed by atoms with E-state index in [1.54, 1.807) is 11.8 Å². The third-order valence-corrected chi connectivity index (χ3v) is 3.91. The highest BCUT2D eigenvalue weighted by Gasteiger charge is 2.20. The van der Waals surface area contributed by atoms with Gasteiger partial charge in [-0.25, -0.2) is 0 Å². The molecule has 1 amide bonds. The molecule has 92 valence electrons. The van der Waals surface area contributed by atoms with Gasteiger partial charge in [0, 0.05) is 24.0 Å². The quantitative estimate of drug-likeness (QED) is 0.831. The van der Waals surface area contributed by atoms with Gasteiger partial charge in [-0.3, -0.25) is 4.79 Å². The lowest BCUT2D eigenvalue weighted by molar-refractivity contribution is -0.129. The second kappa shape index (κ2) is 6.07. The first kappa shape index (κ1) is 12.5. The van der Waals surface area contributed by atoms with Gasteiger partial charge in [0.15, 0.2) is 0 Å². The summed E-state index contributed by atoms with van der Waals surface area (Å²) in [4.78, 5) is 15.0. The molecular weight excluding hydrogens is 232 g/mol. The second-order valence-electron chi connectivity index (χ2n) is 4.34. The summed E-state index contributed by atoms with van der Waals surface area (Å²) in [5.41, 5.74) is 5.87. The fraction of sp³-hybridized carbons (Fsp3) is 0.462. The molecule has 1 aliphatic heterocycles. The molecule has 0 radical (unpaired) electrons. The van der Waals surface area contributed by atoms with Gasteiger partial charge in [-0.05, 0) is 25.0 Å². The van der Waals surface area contributed by atoms with Crippen LogP contribution in [0.2, 0.25) is 0 Å². The highest BCUT2D eigenvalue weighted by molar-refractivity contribution is 8.00. The fourth-order valence-corrected chi connectivity index (χ4v) is 2.81. The van der Waals surface area contributed by atoms with Crippen LogP contribution < -0.4 is 5.73 Å². The standard InChI is InChI=1S/C13H18N2OS/c14-11-5-4-8-15(9-11)13(16)10-17-12-6-2-1-3-7-12/h1-3,6-7,11H,4-5,8-10,14H2. The number of amides is 1. The highest BCUT2D eigenvalue weighted by atomic mass is 32.2. The van der Waals surface area contributed by atoms with Crippen LogP contribution in [0.3, 0.4) is 0 Å². The number of likely N-dealkylation sites (tertiary alicyclic amines) is 1. The molecule has 1 heterocycles. The van der Waals surface area contributed by atoms with Crippen molar-refractivity contribution in [3.05, 3.63) is 30.3 Å². The van der Waals surface area contributed by atoms with Crippen molar-refractivity contribution in [1.82, 2.24) is 4.90 Å². The zero-order chi connectivity index (χ0) is 12.1. The van der Waals surface area contributed by atoms with Crippen molar-refractivity contribution in [3.8, 4) is 0 Å². The van der Waals surface area contributed by atoms with Crippen LogP contribution in [0.4, 0.5) is 0 Å². The Morgan fingerprint density at radius 1 is 1.41 bits per heavy atom. The molecule has 17 heavy (non-hydrogen) atoms. The lowest BCUT2D eigenvalue weighted by Crippen LogP contribution is -2.46. The van der Waals surface area contributed by atoms with Crippen LogP contribution >= 0.6 is 11.8 Å². The summed E-state index contributed by atoms with van der Waals surface area (Å²) in [6.07, 6.45) is 2.07. The Kier molecular flexibility index (Phi) is 4.45. The van der Waals surface area contributed by atoms with Gasteiger partial charge in [-0.2, -0.15) is 0 Å². The molecule has 0 saturated carbocycles. The number of nitrogens with zero attached hydrogens (tertiary/aromatic N) is 1. The van der Waals surface area contributed by atoms with Crippen molar-refractivity contribution in [3.63, 3.8) is 0 Å². The maximum absolute atomic E-state index is 12.0. The molecule has 1 saturated heterocycles. The molecule has 2 rings (SSSR count). The summed E-state index contributed by atoms with van der Waals surface area (Å²) in [5.74, 6) is 0.713. The minimum Gasteiger partial charge on any atom is -0.340 e. The highest BCUT2D eigenvalue weighted by Crippen LogP contribution is 2.18. The Hall–Kier alpha value is -1.00. The Balaban J connectivity index is 1.81. The maximum atomic E-state index is 12.0. The summed E-state index contributed by atoms with van der Waals surface area (Å²) >= 11 is 1.59. The maximum Gasteiger partial charge on any atom is 0.232 e. The first-order valence-corrected chi connectivity index (χ1v) is 6.95. The molecule has 1 aromatic carbocycles. The number of carbonyl (C=O) groups is 1. The molecule has 1 aromatic rings. The van der Waals surface area contributed by atoms with Gasteiger partial charge in [-0.15, -0.1) is 11.8 Å². The van der Waals surface area contributed by atoms with Gasteiger partial charge in [0.25, 0.3) is 0 Å². The lowest BCUT2D eigenvalue weighted by Gasteiger charge is -2.30. The molecule has 0 bridgehead atoms. The zero-order valence-corrected chi connectivity index (χ0v) is 10.7. The van der Waals surface area contributed by atoms with Gasteiger partial charge >= 0.3 is 0 Å². The van der Waals surface area contributed by atoms with Crippen LogP contribution in [0.15, 0.2) is 35.2 Å². The van der Waals surface area contributed by atoms with Crippen LogP contribution in [0.5, 0.6) is 0 Å². The van der Waals surface area contributed by atoms with E-state index in [0.29, 0.717) is 12.3 Å². The predicted molar refractivity (Wildman–Crippen MR) is 71.0 cm³/mol. The Morgan fingerprint density at radius 2 is 2.18 bits per heavy atom. The number of thioether (sulfide) groups is 1. The first-order valence-electron chi connectivity index (χ1n) is 5.97. The van der Waals surface area contributed by atoms with E-state index < -0.39 is 0 Å². The number of hydrogen-bond acceptors (Lipinski definition) is 3. The Labute approximate surface area is 106 Å². The van der Waals surface area contributed by atoms with Crippen molar-refractivity contribution in [2.75, 3.05) is 18.8 Å². The van der Waals surface area contributed by atoms with Crippen LogP contribution in [-0.2, 0) is 4.79 Å². The van der Waals surface area contributed by atoms with Crippen molar-refractivity contribution in [2.45, 2.75) is 23.8 Å². The Bertz CT molecular complexity index is 369. The van der Waals surface area contributed by atoms with E-state index in [0.717, 1.165) is 24.3 Å². The van der Waals surface area contributed by atoms with Gasteiger partial charge in [0.1, 0.15) is 0 Å². The summed E-state index contributed by atoms with van der Waals surface area (Å²) in [7, 11) is 0. The van der Waals surface area contributed by atoms with Gasteiger partial charge in [-0.1, -0.05) is 18.2 Å². The van der Waals surface area contributed by atoms with Crippen LogP contribution in [0, 0.1) is 0 Å². The van der Waals surface area contributed by atoms with Crippen LogP contribution in [0.1, 0.15) is 12.8 Å². The lowest BCUT2D eigenvalue weighted by atomic mass is 10.1. The smallest absolute Gasteiger partial charge is 0.232 e. The third-order valence-electron chi connectivity index (χ3n) is 2.92. The molecule has 0 aromatic heterocycles. The molecule has 0 aliphatic carbocycles. The van der Waals surface area contributed by atoms with Crippen molar-refractivity contribution < 1.29 is 4.79 Å². The normalized spacial score (nSPS) is 20.3. The summed E-state index contributed by atoms with van der Waals surface area (Å²) in [6, 6.07) is 10.2. The van der Waals surface area contributed by atoms with Crippen molar-refractivity contribution >= 4 is 17.7 Å². The van der Waals surface area contributed by atoms with E-state index in [1.807, 2.05) is 35.2 Å². The number of piperidine rings is 1. The predicted octanol–water partition coefficient (Wildman–Crippen LogP) is 1.73. The van der Waals surface area contributed by atoms with Crippen LogP contribution in [-0.4, -0.2) is 35.7 Å². The molecule has 1 fully saturated rings. The molecular formula is C13H18N2OS. The van der Waals surface area contributed by atoms with Crippen molar-refractivity contribution in [1.29, 1.82) is 0 Å². The van der Waals surface area contributed by atoms with Crippen molar-refractivity contribution in [2.24, 2.45) is 5.73 Å². The minimum atomic E-state index is 0.162. The number of benzene rings is 1. The van der Waals surface area contributed by atoms with Gasteiger partial charge in [0.05, 0.1) is 5.75 Å². The van der Waals surface area contributed by atoms with E-state index in [1.165, 1.54) is 0 Å². The zero-order valence-electron chi connectivity index (χ0n) is 9.84. The fourth-order valence-electron chi connectivity index (χ4n) is 1.99. The van der Waals surface area contributed by atoms with E-state index in [4.69, 9.17) is 5.73 Å². The summed E-state index contributed by atoms with van der Waals surface area (Å²) < 4.78 is 0. The van der Waals surface area contributed by atoms with Gasteiger partial charge < -0.3 is 10.6 Å². The number of nitrogens with two attached hydrogens (primary N) is 1. The number of hydrogen-bond donors (Lipinski definition) is 1. The van der Waals surface area contributed by atoms with E-state index in [2.05, 4.69) is 0 Å². The van der Waals surface area contributed by atoms with Crippen LogP contribution in [0.25, 0.3) is 0 Å². The van der Waals surface area contributed by atoms with E-state index >= 15 is 0 Å². The summed E-state index contributed by atoms with van der Waals surface area (Å²) in [5, 5.41) is 0. The van der Waals surface area contributed by atoms with E-state index in [-0.39, 0.29) is 11.9 Å². The molecule has 1 unspecified atom stereocenters. The molecule has 2 N–H and O–H groups in total. The molecule has 4 heteroatoms. The number of carbonyl (C=O) groups excluding carboxylic acids is 1. The third kappa shape index (κ3) is 3.75. The average Bonchev–Trinajstić information content (AvgIpc) is 2.37. The molecule has 3 nitrogen and oxygen atoms in total. The molecule has 1 atom stereocenters. The van der Waals surface area contributed by atoms with E-state index in [9.17, 15) is 4.79 Å². The first-order chi connectivity index (χ1) is 8.25. The largest absolute Gasteiger partial charge is 0.340 e. The SMILES string of the molecule is NC1CCCN(C(=O)CSc2ccccc2)C1. The average molecular weight is 250 g/mol. The Morgan fingerprint density at radius 3 is 2.88 bits per heavy atom. The topological polar surface area (TPSA) is 46.3 Å². The summed E-state index contributed by atoms with van der Waals surface area (Å²) in [6.45, 7) is 1.58. The second-order valence-corrected chi connectivity index (χ2v) is 5.39. The molecule has 1 aliphatic rings. The minimum absolute atomic E-state index is 0.162. The van der Waals surface area contributed by atoms with Gasteiger partial charge in [0.2, 0.25) is 5.91 Å². The number of rotatable bonds is 3. The molecule has 0 spiro atoms.